The molecule has 1 unspecified atom stereocenters. The van der Waals surface area contributed by atoms with Gasteiger partial charge >= 0.3 is 0 Å². The number of hydrogen-bond acceptors (Lipinski definition) is 1. The fourth-order valence-electron chi connectivity index (χ4n) is 1.03. The first kappa shape index (κ1) is 9.27. The predicted molar refractivity (Wildman–Crippen MR) is 49.8 cm³/mol. The molecule has 0 aliphatic heterocycles. The Balaban J connectivity index is 2.53. The molecule has 0 saturated carbocycles. The molecular weight excluding hydrogens is 148 g/mol. The van der Waals surface area contributed by atoms with Crippen molar-refractivity contribution in [3.8, 4) is 0 Å². The van der Waals surface area contributed by atoms with Crippen LogP contribution >= 0.6 is 0 Å². The maximum absolute atomic E-state index is 9.57. The monoisotopic (exact) mass is 163 g/mol. The maximum atomic E-state index is 9.57. The lowest BCUT2D eigenvalue weighted by molar-refractivity contribution is 0.126. The second kappa shape index (κ2) is 4.27. The lowest BCUT2D eigenvalue weighted by Crippen LogP contribution is -2.17. The van der Waals surface area contributed by atoms with E-state index in [4.69, 9.17) is 0 Å². The van der Waals surface area contributed by atoms with Gasteiger partial charge in [-0.25, -0.2) is 0 Å². The van der Waals surface area contributed by atoms with Crippen LogP contribution in [0.1, 0.15) is 19.4 Å². The Morgan fingerprint density at radius 3 is 2.42 bits per heavy atom. The van der Waals surface area contributed by atoms with E-state index in [1.165, 1.54) is 5.56 Å². The van der Waals surface area contributed by atoms with Gasteiger partial charge in [0.15, 0.2) is 0 Å². The largest absolute Gasteiger partial charge is 0.393 e. The zero-order valence-electron chi connectivity index (χ0n) is 7.62. The van der Waals surface area contributed by atoms with Crippen LogP contribution in [0.5, 0.6) is 0 Å². The van der Waals surface area contributed by atoms with E-state index >= 15 is 0 Å². The molecule has 65 valence electrons. The molecule has 0 aliphatic carbocycles. The van der Waals surface area contributed by atoms with Crippen molar-refractivity contribution in [3.63, 3.8) is 0 Å². The van der Waals surface area contributed by atoms with Crippen LogP contribution in [-0.2, 0) is 6.42 Å². The number of hydrogen-bond donors (Lipinski definition) is 1. The standard InChI is InChI=1S/C11H15O/c1-9(2)11(12)8-10-6-4-3-5-7-10/h4-7,9,11-12H,8H2,1-2H3. The SMILES string of the molecule is CC(C)C(O)Cc1cc[c]cc1. The first-order chi connectivity index (χ1) is 5.70. The summed E-state index contributed by atoms with van der Waals surface area (Å²) in [6, 6.07) is 10.7. The van der Waals surface area contributed by atoms with Crippen LogP contribution in [-0.4, -0.2) is 11.2 Å². The average molecular weight is 163 g/mol. The van der Waals surface area contributed by atoms with Gasteiger partial charge in [0.05, 0.1) is 6.10 Å². The summed E-state index contributed by atoms with van der Waals surface area (Å²) in [6.45, 7) is 4.06. The van der Waals surface area contributed by atoms with Gasteiger partial charge in [0.2, 0.25) is 0 Å². The van der Waals surface area contributed by atoms with Crippen molar-refractivity contribution in [1.29, 1.82) is 0 Å². The minimum absolute atomic E-state index is 0.229. The van der Waals surface area contributed by atoms with E-state index < -0.39 is 0 Å². The third-order valence-electron chi connectivity index (χ3n) is 2.00. The Kier molecular flexibility index (Phi) is 3.30. The number of aliphatic hydroxyl groups is 1. The fourth-order valence-corrected chi connectivity index (χ4v) is 1.03. The third kappa shape index (κ3) is 2.67. The summed E-state index contributed by atoms with van der Waals surface area (Å²) in [5.74, 6) is 0.328. The van der Waals surface area contributed by atoms with Crippen molar-refractivity contribution >= 4 is 0 Å². The van der Waals surface area contributed by atoms with E-state index in [1.54, 1.807) is 0 Å². The molecule has 12 heavy (non-hydrogen) atoms. The maximum Gasteiger partial charge on any atom is 0.0603 e. The van der Waals surface area contributed by atoms with Gasteiger partial charge in [0.25, 0.3) is 0 Å². The predicted octanol–water partition coefficient (Wildman–Crippen LogP) is 2.05. The van der Waals surface area contributed by atoms with Crippen molar-refractivity contribution < 1.29 is 5.11 Å². The van der Waals surface area contributed by atoms with E-state index in [9.17, 15) is 5.11 Å². The second-order valence-electron chi connectivity index (χ2n) is 3.42. The van der Waals surface area contributed by atoms with Gasteiger partial charge in [-0.1, -0.05) is 38.1 Å². The third-order valence-corrected chi connectivity index (χ3v) is 2.00. The summed E-state index contributed by atoms with van der Waals surface area (Å²) >= 11 is 0. The van der Waals surface area contributed by atoms with Crippen LogP contribution < -0.4 is 0 Å². The van der Waals surface area contributed by atoms with Crippen LogP contribution in [0.4, 0.5) is 0 Å². The molecule has 0 aliphatic rings. The summed E-state index contributed by atoms with van der Waals surface area (Å²) < 4.78 is 0. The van der Waals surface area contributed by atoms with Crippen molar-refractivity contribution in [2.24, 2.45) is 5.92 Å². The molecule has 0 aromatic heterocycles. The Morgan fingerprint density at radius 2 is 1.92 bits per heavy atom. The lowest BCUT2D eigenvalue weighted by Gasteiger charge is -2.13. The summed E-state index contributed by atoms with van der Waals surface area (Å²) in [4.78, 5) is 0. The minimum Gasteiger partial charge on any atom is -0.393 e. The highest BCUT2D eigenvalue weighted by atomic mass is 16.3. The number of benzene rings is 1. The Labute approximate surface area is 74.1 Å². The highest BCUT2D eigenvalue weighted by Gasteiger charge is 2.08. The van der Waals surface area contributed by atoms with Crippen LogP contribution in [0.3, 0.4) is 0 Å². The van der Waals surface area contributed by atoms with Gasteiger partial charge in [-0.2, -0.15) is 0 Å². The zero-order chi connectivity index (χ0) is 8.97. The van der Waals surface area contributed by atoms with E-state index in [0.29, 0.717) is 5.92 Å². The van der Waals surface area contributed by atoms with Crippen molar-refractivity contribution in [1.82, 2.24) is 0 Å². The molecule has 0 saturated heterocycles. The van der Waals surface area contributed by atoms with Gasteiger partial charge in [-0.3, -0.25) is 0 Å². The molecule has 0 amide bonds. The highest BCUT2D eigenvalue weighted by Crippen LogP contribution is 2.08. The van der Waals surface area contributed by atoms with Gasteiger partial charge in [0, 0.05) is 0 Å². The van der Waals surface area contributed by atoms with Crippen molar-refractivity contribution in [2.45, 2.75) is 26.4 Å². The van der Waals surface area contributed by atoms with E-state index in [1.807, 2.05) is 38.1 Å². The molecule has 0 bridgehead atoms. The average Bonchev–Trinajstić information content (AvgIpc) is 2.06. The van der Waals surface area contributed by atoms with Crippen LogP contribution in [0, 0.1) is 12.0 Å². The van der Waals surface area contributed by atoms with Crippen molar-refractivity contribution in [2.75, 3.05) is 0 Å². The molecule has 0 spiro atoms. The lowest BCUT2D eigenvalue weighted by atomic mass is 10.00. The molecule has 1 aromatic carbocycles. The van der Waals surface area contributed by atoms with E-state index in [-0.39, 0.29) is 6.10 Å². The molecule has 1 N–H and O–H groups in total. The normalized spacial score (nSPS) is 13.3. The molecule has 1 aromatic rings. The number of aliphatic hydroxyl groups excluding tert-OH is 1. The smallest absolute Gasteiger partial charge is 0.0603 e. The summed E-state index contributed by atoms with van der Waals surface area (Å²) in [5.41, 5.74) is 1.18. The molecule has 1 nitrogen and oxygen atoms in total. The molecule has 1 atom stereocenters. The molecule has 0 heterocycles. The van der Waals surface area contributed by atoms with Crippen LogP contribution in [0.25, 0.3) is 0 Å². The molecule has 1 rings (SSSR count). The highest BCUT2D eigenvalue weighted by molar-refractivity contribution is 5.14. The molecule has 0 fully saturated rings. The zero-order valence-corrected chi connectivity index (χ0v) is 7.62. The van der Waals surface area contributed by atoms with E-state index in [0.717, 1.165) is 6.42 Å². The topological polar surface area (TPSA) is 20.2 Å². The summed E-state index contributed by atoms with van der Waals surface area (Å²) in [6.07, 6.45) is 0.513. The van der Waals surface area contributed by atoms with Gasteiger partial charge in [0.1, 0.15) is 0 Å². The Hall–Kier alpha value is -0.820. The molecular formula is C11H15O. The fraction of sp³-hybridized carbons (Fsp3) is 0.455. The number of rotatable bonds is 3. The van der Waals surface area contributed by atoms with Gasteiger partial charge < -0.3 is 5.11 Å². The molecule has 1 heteroatoms. The quantitative estimate of drug-likeness (QED) is 0.723. The van der Waals surface area contributed by atoms with Crippen LogP contribution in [0.2, 0.25) is 0 Å². The summed E-state index contributed by atoms with van der Waals surface area (Å²) in [7, 11) is 0. The van der Waals surface area contributed by atoms with E-state index in [2.05, 4.69) is 6.07 Å². The van der Waals surface area contributed by atoms with Gasteiger partial charge in [-0.15, -0.1) is 0 Å². The second-order valence-corrected chi connectivity index (χ2v) is 3.42. The van der Waals surface area contributed by atoms with Crippen LogP contribution in [0.15, 0.2) is 24.3 Å². The van der Waals surface area contributed by atoms with Crippen molar-refractivity contribution in [3.05, 3.63) is 35.9 Å². The van der Waals surface area contributed by atoms with Gasteiger partial charge in [-0.05, 0) is 24.0 Å². The minimum atomic E-state index is -0.229. The summed E-state index contributed by atoms with van der Waals surface area (Å²) in [5, 5.41) is 9.57. The molecule has 1 radical (unpaired) electrons. The Bertz CT molecular complexity index is 216. The Morgan fingerprint density at radius 1 is 1.33 bits per heavy atom. The first-order valence-corrected chi connectivity index (χ1v) is 4.33. The first-order valence-electron chi connectivity index (χ1n) is 4.33.